The second-order valence-electron chi connectivity index (χ2n) is 5.26. The van der Waals surface area contributed by atoms with E-state index in [2.05, 4.69) is 71.4 Å². The third-order valence-electron chi connectivity index (χ3n) is 3.93. The molecule has 106 valence electrons. The number of hydrogen-bond donors (Lipinski definition) is 1. The molecule has 0 aromatic heterocycles. The zero-order valence-electron chi connectivity index (χ0n) is 12.0. The van der Waals surface area contributed by atoms with Crippen LogP contribution in [0.5, 0.6) is 0 Å². The quantitative estimate of drug-likeness (QED) is 0.927. The molecule has 0 aliphatic carbocycles. The van der Waals surface area contributed by atoms with E-state index in [1.165, 1.54) is 28.0 Å². The predicted octanol–water partition coefficient (Wildman–Crippen LogP) is 3.37. The highest BCUT2D eigenvalue weighted by Crippen LogP contribution is 2.27. The Morgan fingerprint density at radius 2 is 2.05 bits per heavy atom. The first-order chi connectivity index (χ1) is 9.88. The summed E-state index contributed by atoms with van der Waals surface area (Å²) in [6.45, 7) is 5.54. The second kappa shape index (κ2) is 6.51. The molecule has 2 nitrogen and oxygen atoms in total. The number of thioether (sulfide) groups is 1. The summed E-state index contributed by atoms with van der Waals surface area (Å²) in [7, 11) is 0. The minimum absolute atomic E-state index is 0.604. The van der Waals surface area contributed by atoms with E-state index >= 15 is 0 Å². The lowest BCUT2D eigenvalue weighted by atomic mass is 10.1. The Bertz CT molecular complexity index is 558. The van der Waals surface area contributed by atoms with Gasteiger partial charge < -0.3 is 10.2 Å². The smallest absolute Gasteiger partial charge is 0.0446 e. The van der Waals surface area contributed by atoms with Crippen LogP contribution < -0.4 is 10.2 Å². The maximum atomic E-state index is 3.64. The summed E-state index contributed by atoms with van der Waals surface area (Å²) in [4.78, 5) is 2.51. The highest BCUT2D eigenvalue weighted by molar-refractivity contribution is 7.99. The lowest BCUT2D eigenvalue weighted by molar-refractivity contribution is 0.554. The van der Waals surface area contributed by atoms with Gasteiger partial charge in [-0.15, -0.1) is 0 Å². The first-order valence-corrected chi connectivity index (χ1v) is 8.58. The van der Waals surface area contributed by atoms with Gasteiger partial charge in [0.15, 0.2) is 0 Å². The SMILES string of the molecule is CCN(CC1CSCCN1)c1cccc2ccccc12. The standard InChI is InChI=1S/C17H22N2S/c1-2-19(12-15-13-20-11-10-18-15)17-9-5-7-14-6-3-4-8-16(14)17/h3-9,15,18H,2,10-13H2,1H3. The van der Waals surface area contributed by atoms with Crippen molar-refractivity contribution in [3.05, 3.63) is 42.5 Å². The number of anilines is 1. The van der Waals surface area contributed by atoms with Crippen molar-refractivity contribution in [2.45, 2.75) is 13.0 Å². The van der Waals surface area contributed by atoms with Crippen molar-refractivity contribution in [1.82, 2.24) is 5.32 Å². The van der Waals surface area contributed by atoms with Gasteiger partial charge in [0.25, 0.3) is 0 Å². The molecular weight excluding hydrogens is 264 g/mol. The molecule has 0 spiro atoms. The maximum absolute atomic E-state index is 3.64. The number of nitrogens with zero attached hydrogens (tertiary/aromatic N) is 1. The Labute approximate surface area is 125 Å². The molecule has 1 heterocycles. The van der Waals surface area contributed by atoms with Crippen molar-refractivity contribution in [2.75, 3.05) is 36.0 Å². The summed E-state index contributed by atoms with van der Waals surface area (Å²) >= 11 is 2.07. The summed E-state index contributed by atoms with van der Waals surface area (Å²) < 4.78 is 0. The summed E-state index contributed by atoms with van der Waals surface area (Å²) in [5.74, 6) is 2.47. The van der Waals surface area contributed by atoms with E-state index in [1.54, 1.807) is 0 Å². The van der Waals surface area contributed by atoms with Gasteiger partial charge in [0.1, 0.15) is 0 Å². The minimum Gasteiger partial charge on any atom is -0.370 e. The first kappa shape index (κ1) is 13.8. The van der Waals surface area contributed by atoms with Gasteiger partial charge in [-0.3, -0.25) is 0 Å². The van der Waals surface area contributed by atoms with E-state index in [0.717, 1.165) is 19.6 Å². The van der Waals surface area contributed by atoms with Crippen molar-refractivity contribution in [3.8, 4) is 0 Å². The minimum atomic E-state index is 0.604. The van der Waals surface area contributed by atoms with Gasteiger partial charge in [-0.1, -0.05) is 36.4 Å². The maximum Gasteiger partial charge on any atom is 0.0446 e. The molecule has 0 amide bonds. The molecule has 2 aromatic carbocycles. The van der Waals surface area contributed by atoms with Crippen molar-refractivity contribution in [2.24, 2.45) is 0 Å². The third kappa shape index (κ3) is 2.94. The average Bonchev–Trinajstić information content (AvgIpc) is 2.53. The van der Waals surface area contributed by atoms with Crippen molar-refractivity contribution in [3.63, 3.8) is 0 Å². The van der Waals surface area contributed by atoms with E-state index in [4.69, 9.17) is 0 Å². The van der Waals surface area contributed by atoms with E-state index < -0.39 is 0 Å². The van der Waals surface area contributed by atoms with Crippen molar-refractivity contribution in [1.29, 1.82) is 0 Å². The summed E-state index contributed by atoms with van der Waals surface area (Å²) in [6, 6.07) is 15.9. The average molecular weight is 286 g/mol. The van der Waals surface area contributed by atoms with Gasteiger partial charge in [-0.25, -0.2) is 0 Å². The Morgan fingerprint density at radius 1 is 1.20 bits per heavy atom. The molecule has 1 atom stereocenters. The van der Waals surface area contributed by atoms with E-state index in [-0.39, 0.29) is 0 Å². The van der Waals surface area contributed by atoms with Crippen LogP contribution in [0.25, 0.3) is 10.8 Å². The zero-order chi connectivity index (χ0) is 13.8. The van der Waals surface area contributed by atoms with Crippen LogP contribution >= 0.6 is 11.8 Å². The Morgan fingerprint density at radius 3 is 2.85 bits per heavy atom. The molecule has 1 aliphatic rings. The van der Waals surface area contributed by atoms with E-state index in [0.29, 0.717) is 6.04 Å². The van der Waals surface area contributed by atoms with Crippen LogP contribution in [0.3, 0.4) is 0 Å². The van der Waals surface area contributed by atoms with Crippen LogP contribution in [0.1, 0.15) is 6.92 Å². The number of likely N-dealkylation sites (N-methyl/N-ethyl adjacent to an activating group) is 1. The van der Waals surface area contributed by atoms with Gasteiger partial charge in [0, 0.05) is 48.3 Å². The molecule has 1 unspecified atom stereocenters. The van der Waals surface area contributed by atoms with E-state index in [9.17, 15) is 0 Å². The summed E-state index contributed by atoms with van der Waals surface area (Å²) in [5, 5.41) is 6.33. The molecular formula is C17H22N2S. The fourth-order valence-electron chi connectivity index (χ4n) is 2.88. The Balaban J connectivity index is 1.86. The molecule has 2 aromatic rings. The molecule has 0 bridgehead atoms. The Kier molecular flexibility index (Phi) is 4.48. The summed E-state index contributed by atoms with van der Waals surface area (Å²) in [6.07, 6.45) is 0. The fourth-order valence-corrected chi connectivity index (χ4v) is 3.82. The monoisotopic (exact) mass is 286 g/mol. The Hall–Kier alpha value is -1.19. The zero-order valence-corrected chi connectivity index (χ0v) is 12.8. The van der Waals surface area contributed by atoms with Crippen LogP contribution in [0.4, 0.5) is 5.69 Å². The topological polar surface area (TPSA) is 15.3 Å². The fraction of sp³-hybridized carbons (Fsp3) is 0.412. The normalized spacial score (nSPS) is 19.1. The van der Waals surface area contributed by atoms with Gasteiger partial charge in [0.2, 0.25) is 0 Å². The molecule has 0 radical (unpaired) electrons. The largest absolute Gasteiger partial charge is 0.370 e. The molecule has 0 saturated carbocycles. The van der Waals surface area contributed by atoms with Gasteiger partial charge in [-0.2, -0.15) is 11.8 Å². The number of nitrogens with one attached hydrogen (secondary N) is 1. The first-order valence-electron chi connectivity index (χ1n) is 7.42. The molecule has 3 heteroatoms. The second-order valence-corrected chi connectivity index (χ2v) is 6.41. The van der Waals surface area contributed by atoms with Crippen molar-refractivity contribution >= 4 is 28.2 Å². The van der Waals surface area contributed by atoms with E-state index in [1.807, 2.05) is 0 Å². The predicted molar refractivity (Wildman–Crippen MR) is 91.0 cm³/mol. The van der Waals surface area contributed by atoms with Gasteiger partial charge in [0.05, 0.1) is 0 Å². The van der Waals surface area contributed by atoms with Crippen LogP contribution in [0.2, 0.25) is 0 Å². The van der Waals surface area contributed by atoms with Crippen molar-refractivity contribution < 1.29 is 0 Å². The molecule has 1 N–H and O–H groups in total. The van der Waals surface area contributed by atoms with Crippen LogP contribution in [-0.2, 0) is 0 Å². The number of fused-ring (bicyclic) bond motifs is 1. The molecule has 1 aliphatic heterocycles. The lowest BCUT2D eigenvalue weighted by Crippen LogP contribution is -2.46. The van der Waals surface area contributed by atoms with Crippen LogP contribution in [0.15, 0.2) is 42.5 Å². The molecule has 20 heavy (non-hydrogen) atoms. The number of rotatable bonds is 4. The highest BCUT2D eigenvalue weighted by Gasteiger charge is 2.17. The van der Waals surface area contributed by atoms with Gasteiger partial charge >= 0.3 is 0 Å². The third-order valence-corrected chi connectivity index (χ3v) is 5.06. The number of hydrogen-bond acceptors (Lipinski definition) is 3. The van der Waals surface area contributed by atoms with Crippen LogP contribution in [0, 0.1) is 0 Å². The van der Waals surface area contributed by atoms with Crippen LogP contribution in [-0.4, -0.2) is 37.2 Å². The highest BCUT2D eigenvalue weighted by atomic mass is 32.2. The number of benzene rings is 2. The van der Waals surface area contributed by atoms with Gasteiger partial charge in [-0.05, 0) is 18.4 Å². The summed E-state index contributed by atoms with van der Waals surface area (Å²) in [5.41, 5.74) is 1.36. The lowest BCUT2D eigenvalue weighted by Gasteiger charge is -2.31. The molecule has 1 saturated heterocycles. The molecule has 1 fully saturated rings. The molecule has 3 rings (SSSR count).